The van der Waals surface area contributed by atoms with E-state index in [1.54, 1.807) is 7.11 Å². The zero-order chi connectivity index (χ0) is 23.9. The van der Waals surface area contributed by atoms with E-state index in [2.05, 4.69) is 20.7 Å². The maximum absolute atomic E-state index is 12.5. The number of hydrazone groups is 1. The number of rotatable bonds is 8. The number of hydrogen-bond donors (Lipinski definition) is 1. The molecule has 0 aliphatic carbocycles. The van der Waals surface area contributed by atoms with Crippen LogP contribution in [0.15, 0.2) is 89.1 Å². The Hall–Kier alpha value is -3.91. The quantitative estimate of drug-likeness (QED) is 0.225. The van der Waals surface area contributed by atoms with E-state index in [1.807, 2.05) is 97.3 Å². The van der Waals surface area contributed by atoms with Gasteiger partial charge in [-0.15, -0.1) is 10.2 Å². The fourth-order valence-electron chi connectivity index (χ4n) is 3.29. The van der Waals surface area contributed by atoms with Crippen molar-refractivity contribution in [3.8, 4) is 22.8 Å². The summed E-state index contributed by atoms with van der Waals surface area (Å²) in [5, 5.41) is 13.6. The Morgan fingerprint density at radius 1 is 1.03 bits per heavy atom. The molecule has 8 heteroatoms. The molecule has 0 spiro atoms. The van der Waals surface area contributed by atoms with Gasteiger partial charge < -0.3 is 4.74 Å². The minimum absolute atomic E-state index is 0.147. The summed E-state index contributed by atoms with van der Waals surface area (Å²) in [6, 6.07) is 25.5. The highest BCUT2D eigenvalue weighted by atomic mass is 32.2. The summed E-state index contributed by atoms with van der Waals surface area (Å²) < 4.78 is 7.22. The van der Waals surface area contributed by atoms with Crippen molar-refractivity contribution in [3.05, 3.63) is 90.0 Å². The van der Waals surface area contributed by atoms with Crippen LogP contribution in [0.3, 0.4) is 0 Å². The average molecular weight is 472 g/mol. The van der Waals surface area contributed by atoms with Gasteiger partial charge in [-0.2, -0.15) is 5.10 Å². The lowest BCUT2D eigenvalue weighted by Gasteiger charge is -2.10. The summed E-state index contributed by atoms with van der Waals surface area (Å²) in [4.78, 5) is 12.5. The van der Waals surface area contributed by atoms with Gasteiger partial charge in [0, 0.05) is 16.8 Å². The highest BCUT2D eigenvalue weighted by molar-refractivity contribution is 7.99. The monoisotopic (exact) mass is 471 g/mol. The van der Waals surface area contributed by atoms with E-state index in [0.717, 1.165) is 34.0 Å². The molecule has 0 radical (unpaired) electrons. The summed E-state index contributed by atoms with van der Waals surface area (Å²) in [7, 11) is 1.61. The van der Waals surface area contributed by atoms with Gasteiger partial charge in [-0.25, -0.2) is 5.43 Å². The molecule has 34 heavy (non-hydrogen) atoms. The van der Waals surface area contributed by atoms with E-state index in [1.165, 1.54) is 11.8 Å². The number of nitrogens with one attached hydrogen (secondary N) is 1. The normalized spacial score (nSPS) is 11.3. The molecule has 0 aliphatic heterocycles. The molecule has 4 rings (SSSR count). The van der Waals surface area contributed by atoms with Crippen molar-refractivity contribution < 1.29 is 9.53 Å². The standard InChI is InChI=1S/C26H25N5O2S/c1-18-12-14-22(15-13-18)31-25(20-8-5-4-6-9-20)29-30-26(31)34-17-24(32)28-27-19(2)21-10-7-11-23(16-21)33-3/h4-16H,17H2,1-3H3,(H,28,32)/b27-19+. The number of nitrogens with zero attached hydrogens (tertiary/aromatic N) is 4. The van der Waals surface area contributed by atoms with Gasteiger partial charge >= 0.3 is 0 Å². The molecule has 7 nitrogen and oxygen atoms in total. The van der Waals surface area contributed by atoms with Crippen molar-refractivity contribution in [3.63, 3.8) is 0 Å². The van der Waals surface area contributed by atoms with Gasteiger partial charge in [-0.3, -0.25) is 9.36 Å². The van der Waals surface area contributed by atoms with Gasteiger partial charge in [-0.05, 0) is 38.1 Å². The lowest BCUT2D eigenvalue weighted by Crippen LogP contribution is -2.21. The molecule has 0 bridgehead atoms. The molecule has 0 unspecified atom stereocenters. The molecule has 0 fully saturated rings. The Morgan fingerprint density at radius 3 is 2.53 bits per heavy atom. The highest BCUT2D eigenvalue weighted by Gasteiger charge is 2.17. The molecule has 4 aromatic rings. The highest BCUT2D eigenvalue weighted by Crippen LogP contribution is 2.28. The van der Waals surface area contributed by atoms with Crippen LogP contribution in [0.25, 0.3) is 17.1 Å². The molecule has 1 amide bonds. The molecule has 1 aromatic heterocycles. The maximum atomic E-state index is 12.5. The van der Waals surface area contributed by atoms with Crippen LogP contribution < -0.4 is 10.2 Å². The number of carbonyl (C=O) groups is 1. The predicted octanol–water partition coefficient (Wildman–Crippen LogP) is 4.88. The summed E-state index contributed by atoms with van der Waals surface area (Å²) in [5.74, 6) is 1.37. The van der Waals surface area contributed by atoms with E-state index >= 15 is 0 Å². The van der Waals surface area contributed by atoms with Gasteiger partial charge in [0.15, 0.2) is 11.0 Å². The molecule has 0 atom stereocenters. The van der Waals surface area contributed by atoms with Crippen LogP contribution in [0.2, 0.25) is 0 Å². The third-order valence-corrected chi connectivity index (χ3v) is 6.05. The van der Waals surface area contributed by atoms with Crippen LogP contribution in [-0.2, 0) is 4.79 Å². The number of ether oxygens (including phenoxy) is 1. The van der Waals surface area contributed by atoms with Crippen molar-refractivity contribution >= 4 is 23.4 Å². The molecule has 0 saturated heterocycles. The van der Waals surface area contributed by atoms with Gasteiger partial charge in [0.25, 0.3) is 5.91 Å². The Morgan fingerprint density at radius 2 is 1.79 bits per heavy atom. The van der Waals surface area contributed by atoms with Crippen LogP contribution in [0.5, 0.6) is 5.75 Å². The number of hydrogen-bond acceptors (Lipinski definition) is 6. The van der Waals surface area contributed by atoms with Crippen LogP contribution in [0.4, 0.5) is 0 Å². The van der Waals surface area contributed by atoms with Crippen molar-refractivity contribution in [2.45, 2.75) is 19.0 Å². The first-order valence-electron chi connectivity index (χ1n) is 10.7. The van der Waals surface area contributed by atoms with E-state index in [4.69, 9.17) is 4.74 Å². The second-order valence-corrected chi connectivity index (χ2v) is 8.54. The Bertz CT molecular complexity index is 1300. The molecule has 3 aromatic carbocycles. The summed E-state index contributed by atoms with van der Waals surface area (Å²) in [6.45, 7) is 3.88. The second kappa shape index (κ2) is 10.8. The summed E-state index contributed by atoms with van der Waals surface area (Å²) in [5.41, 5.74) is 7.23. The first kappa shape index (κ1) is 23.3. The van der Waals surface area contributed by atoms with Crippen molar-refractivity contribution in [2.75, 3.05) is 12.9 Å². The SMILES string of the molecule is COc1cccc(/C(C)=N/NC(=O)CSc2nnc(-c3ccccc3)n2-c2ccc(C)cc2)c1. The third kappa shape index (κ3) is 5.52. The number of benzene rings is 3. The molecule has 0 aliphatic rings. The Labute approximate surface area is 202 Å². The van der Waals surface area contributed by atoms with Crippen molar-refractivity contribution in [1.82, 2.24) is 20.2 Å². The fourth-order valence-corrected chi connectivity index (χ4v) is 4.03. The zero-order valence-corrected chi connectivity index (χ0v) is 20.0. The molecule has 1 N–H and O–H groups in total. The summed E-state index contributed by atoms with van der Waals surface area (Å²) >= 11 is 1.31. The Kier molecular flexibility index (Phi) is 7.39. The molecule has 172 valence electrons. The Balaban J connectivity index is 1.51. The van der Waals surface area contributed by atoms with E-state index in [-0.39, 0.29) is 11.7 Å². The largest absolute Gasteiger partial charge is 0.497 e. The lowest BCUT2D eigenvalue weighted by atomic mass is 10.1. The fraction of sp³-hybridized carbons (Fsp3) is 0.154. The second-order valence-electron chi connectivity index (χ2n) is 7.60. The van der Waals surface area contributed by atoms with Crippen LogP contribution in [0, 0.1) is 6.92 Å². The zero-order valence-electron chi connectivity index (χ0n) is 19.2. The number of aromatic nitrogens is 3. The topological polar surface area (TPSA) is 81.4 Å². The first-order chi connectivity index (χ1) is 16.5. The van der Waals surface area contributed by atoms with Gasteiger partial charge in [0.2, 0.25) is 0 Å². The number of carbonyl (C=O) groups excluding carboxylic acids is 1. The number of amides is 1. The maximum Gasteiger partial charge on any atom is 0.250 e. The van der Waals surface area contributed by atoms with Crippen molar-refractivity contribution in [1.29, 1.82) is 0 Å². The number of thioether (sulfide) groups is 1. The van der Waals surface area contributed by atoms with E-state index in [9.17, 15) is 4.79 Å². The number of aryl methyl sites for hydroxylation is 1. The molecule has 0 saturated carbocycles. The minimum atomic E-state index is -0.230. The van der Waals surface area contributed by atoms with Gasteiger partial charge in [0.1, 0.15) is 5.75 Å². The van der Waals surface area contributed by atoms with E-state index in [0.29, 0.717) is 10.9 Å². The molecule has 1 heterocycles. The van der Waals surface area contributed by atoms with Crippen LogP contribution in [0.1, 0.15) is 18.1 Å². The van der Waals surface area contributed by atoms with Gasteiger partial charge in [0.05, 0.1) is 18.6 Å². The first-order valence-corrected chi connectivity index (χ1v) is 11.7. The summed E-state index contributed by atoms with van der Waals surface area (Å²) in [6.07, 6.45) is 0. The van der Waals surface area contributed by atoms with Crippen LogP contribution >= 0.6 is 11.8 Å². The van der Waals surface area contributed by atoms with E-state index < -0.39 is 0 Å². The predicted molar refractivity (Wildman–Crippen MR) is 136 cm³/mol. The van der Waals surface area contributed by atoms with Crippen molar-refractivity contribution in [2.24, 2.45) is 5.10 Å². The lowest BCUT2D eigenvalue weighted by molar-refractivity contribution is -0.118. The smallest absolute Gasteiger partial charge is 0.250 e. The minimum Gasteiger partial charge on any atom is -0.497 e. The molecular weight excluding hydrogens is 446 g/mol. The average Bonchev–Trinajstić information content (AvgIpc) is 3.31. The third-order valence-electron chi connectivity index (χ3n) is 5.13. The molecular formula is C26H25N5O2S. The van der Waals surface area contributed by atoms with Crippen LogP contribution in [-0.4, -0.2) is 39.2 Å². The van der Waals surface area contributed by atoms with Gasteiger partial charge in [-0.1, -0.05) is 71.9 Å². The number of methoxy groups -OCH3 is 1.